The van der Waals surface area contributed by atoms with Gasteiger partial charge in [0.25, 0.3) is 5.91 Å². The highest BCUT2D eigenvalue weighted by molar-refractivity contribution is 7.89. The Balaban J connectivity index is 1.47. The number of hydrogen-bond acceptors (Lipinski definition) is 5. The summed E-state index contributed by atoms with van der Waals surface area (Å²) in [6.45, 7) is 2.85. The van der Waals surface area contributed by atoms with E-state index in [2.05, 4.69) is 5.32 Å². The lowest BCUT2D eigenvalue weighted by molar-refractivity contribution is -0.120. The highest BCUT2D eigenvalue weighted by Gasteiger charge is 2.32. The van der Waals surface area contributed by atoms with Gasteiger partial charge in [0.1, 0.15) is 5.75 Å². The molecule has 2 aliphatic heterocycles. The normalized spacial score (nSPS) is 18.6. The summed E-state index contributed by atoms with van der Waals surface area (Å²) in [5, 5.41) is 2.93. The standard InChI is InChI=1S/C24H29N3O5S/c1-3-33(30,31)26-13-4-5-19(16-26)23(28)25-20-9-6-17-12-14-27(22(17)15-20)24(29)18-7-10-21(32-2)11-8-18/h6-11,15,19H,3-5,12-14,16H2,1-2H3,(H,25,28)/t19-/m0/s1. The minimum Gasteiger partial charge on any atom is -0.497 e. The summed E-state index contributed by atoms with van der Waals surface area (Å²) in [6, 6.07) is 12.6. The molecule has 1 N–H and O–H groups in total. The van der Waals surface area contributed by atoms with Gasteiger partial charge in [-0.15, -0.1) is 0 Å². The van der Waals surface area contributed by atoms with Crippen LogP contribution in [0.2, 0.25) is 0 Å². The molecule has 1 atom stereocenters. The van der Waals surface area contributed by atoms with Gasteiger partial charge in [-0.05, 0) is 68.1 Å². The number of anilines is 2. The van der Waals surface area contributed by atoms with Crippen LogP contribution in [0, 0.1) is 5.92 Å². The van der Waals surface area contributed by atoms with Gasteiger partial charge in [-0.25, -0.2) is 12.7 Å². The topological polar surface area (TPSA) is 96.0 Å². The number of piperidine rings is 1. The van der Waals surface area contributed by atoms with E-state index in [1.54, 1.807) is 43.2 Å². The molecule has 0 bridgehead atoms. The number of carbonyl (C=O) groups excluding carboxylic acids is 2. The van der Waals surface area contributed by atoms with Crippen LogP contribution < -0.4 is 15.0 Å². The summed E-state index contributed by atoms with van der Waals surface area (Å²) in [5.41, 5.74) is 3.00. The number of amides is 2. The maximum atomic E-state index is 13.1. The van der Waals surface area contributed by atoms with Gasteiger partial charge in [-0.3, -0.25) is 9.59 Å². The third kappa shape index (κ3) is 4.89. The first-order valence-corrected chi connectivity index (χ1v) is 12.8. The number of fused-ring (bicyclic) bond motifs is 1. The first kappa shape index (κ1) is 23.3. The van der Waals surface area contributed by atoms with Crippen LogP contribution in [0.4, 0.5) is 11.4 Å². The van der Waals surface area contributed by atoms with Crippen molar-refractivity contribution in [1.82, 2.24) is 4.31 Å². The summed E-state index contributed by atoms with van der Waals surface area (Å²) in [5.74, 6) is 0.0193. The van der Waals surface area contributed by atoms with Crippen LogP contribution in [0.5, 0.6) is 5.75 Å². The van der Waals surface area contributed by atoms with E-state index >= 15 is 0 Å². The molecule has 9 heteroatoms. The average molecular weight is 472 g/mol. The molecule has 2 heterocycles. The van der Waals surface area contributed by atoms with Crippen LogP contribution in [-0.4, -0.2) is 57.0 Å². The molecule has 2 amide bonds. The van der Waals surface area contributed by atoms with Crippen LogP contribution in [-0.2, 0) is 21.2 Å². The third-order valence-corrected chi connectivity index (χ3v) is 8.19. The molecule has 2 aliphatic rings. The second kappa shape index (κ2) is 9.52. The van der Waals surface area contributed by atoms with Crippen molar-refractivity contribution in [2.75, 3.05) is 42.7 Å². The second-order valence-corrected chi connectivity index (χ2v) is 10.6. The molecule has 0 spiro atoms. The van der Waals surface area contributed by atoms with Gasteiger partial charge < -0.3 is 15.0 Å². The molecule has 2 aromatic rings. The summed E-state index contributed by atoms with van der Waals surface area (Å²) in [4.78, 5) is 27.7. The lowest BCUT2D eigenvalue weighted by Crippen LogP contribution is -2.44. The maximum absolute atomic E-state index is 13.1. The fourth-order valence-corrected chi connectivity index (χ4v) is 5.57. The van der Waals surface area contributed by atoms with Crippen molar-refractivity contribution in [3.05, 3.63) is 53.6 Å². The lowest BCUT2D eigenvalue weighted by Gasteiger charge is -2.31. The monoisotopic (exact) mass is 471 g/mol. The summed E-state index contributed by atoms with van der Waals surface area (Å²) in [6.07, 6.45) is 2.05. The zero-order valence-electron chi connectivity index (χ0n) is 18.9. The minimum atomic E-state index is -3.31. The molecular weight excluding hydrogens is 442 g/mol. The predicted molar refractivity (Wildman–Crippen MR) is 127 cm³/mol. The summed E-state index contributed by atoms with van der Waals surface area (Å²) >= 11 is 0. The van der Waals surface area contributed by atoms with Crippen LogP contribution in [0.25, 0.3) is 0 Å². The van der Waals surface area contributed by atoms with Gasteiger partial charge >= 0.3 is 0 Å². The van der Waals surface area contributed by atoms with Gasteiger partial charge in [0, 0.05) is 36.6 Å². The highest BCUT2D eigenvalue weighted by atomic mass is 32.2. The first-order chi connectivity index (χ1) is 15.8. The summed E-state index contributed by atoms with van der Waals surface area (Å²) in [7, 11) is -1.73. The molecule has 8 nitrogen and oxygen atoms in total. The van der Waals surface area contributed by atoms with Gasteiger partial charge in [-0.2, -0.15) is 0 Å². The molecular formula is C24H29N3O5S. The number of methoxy groups -OCH3 is 1. The average Bonchev–Trinajstić information content (AvgIpc) is 3.27. The number of rotatable bonds is 6. The summed E-state index contributed by atoms with van der Waals surface area (Å²) < 4.78 is 31.0. The Morgan fingerprint density at radius 2 is 1.88 bits per heavy atom. The molecule has 33 heavy (non-hydrogen) atoms. The van der Waals surface area contributed by atoms with Crippen molar-refractivity contribution in [2.45, 2.75) is 26.2 Å². The van der Waals surface area contributed by atoms with Crippen molar-refractivity contribution in [2.24, 2.45) is 5.92 Å². The van der Waals surface area contributed by atoms with Crippen molar-refractivity contribution in [1.29, 1.82) is 0 Å². The van der Waals surface area contributed by atoms with Crippen LogP contribution in [0.15, 0.2) is 42.5 Å². The van der Waals surface area contributed by atoms with Gasteiger partial charge in [0.05, 0.1) is 18.8 Å². The number of nitrogens with one attached hydrogen (secondary N) is 1. The molecule has 1 saturated heterocycles. The number of hydrogen-bond donors (Lipinski definition) is 1. The maximum Gasteiger partial charge on any atom is 0.258 e. The predicted octanol–water partition coefficient (Wildman–Crippen LogP) is 2.90. The van der Waals surface area contributed by atoms with E-state index in [9.17, 15) is 18.0 Å². The Bertz CT molecular complexity index is 1150. The number of nitrogens with zero attached hydrogens (tertiary/aromatic N) is 2. The van der Waals surface area contributed by atoms with Gasteiger partial charge in [0.2, 0.25) is 15.9 Å². The number of benzene rings is 2. The van der Waals surface area contributed by atoms with Crippen LogP contribution >= 0.6 is 0 Å². The molecule has 0 aromatic heterocycles. The molecule has 176 valence electrons. The lowest BCUT2D eigenvalue weighted by atomic mass is 9.98. The number of carbonyl (C=O) groups is 2. The fourth-order valence-electron chi connectivity index (χ4n) is 4.39. The van der Waals surface area contributed by atoms with E-state index in [0.29, 0.717) is 42.9 Å². The molecule has 0 radical (unpaired) electrons. The fraction of sp³-hybridized carbons (Fsp3) is 0.417. The largest absolute Gasteiger partial charge is 0.497 e. The van der Waals surface area contributed by atoms with E-state index in [-0.39, 0.29) is 24.1 Å². The first-order valence-electron chi connectivity index (χ1n) is 11.2. The van der Waals surface area contributed by atoms with E-state index in [4.69, 9.17) is 4.74 Å². The second-order valence-electron chi connectivity index (χ2n) is 8.37. The van der Waals surface area contributed by atoms with Crippen LogP contribution in [0.3, 0.4) is 0 Å². The molecule has 0 saturated carbocycles. The smallest absolute Gasteiger partial charge is 0.258 e. The molecule has 4 rings (SSSR count). The van der Waals surface area contributed by atoms with Gasteiger partial charge in [-0.1, -0.05) is 6.07 Å². The van der Waals surface area contributed by atoms with E-state index in [0.717, 1.165) is 17.7 Å². The quantitative estimate of drug-likeness (QED) is 0.699. The third-order valence-electron chi connectivity index (χ3n) is 6.34. The number of sulfonamides is 1. The van der Waals surface area contributed by atoms with Crippen molar-refractivity contribution in [3.63, 3.8) is 0 Å². The zero-order chi connectivity index (χ0) is 23.6. The Kier molecular flexibility index (Phi) is 6.71. The Labute approximate surface area is 194 Å². The SMILES string of the molecule is CCS(=O)(=O)N1CCC[C@H](C(=O)Nc2ccc3c(c2)N(C(=O)c2ccc(OC)cc2)CC3)C1. The van der Waals surface area contributed by atoms with E-state index < -0.39 is 15.9 Å². The zero-order valence-corrected chi connectivity index (χ0v) is 19.7. The van der Waals surface area contributed by atoms with Crippen molar-refractivity contribution in [3.8, 4) is 5.75 Å². The van der Waals surface area contributed by atoms with Crippen molar-refractivity contribution >= 4 is 33.2 Å². The molecule has 0 aliphatic carbocycles. The molecule has 2 aromatic carbocycles. The number of ether oxygens (including phenoxy) is 1. The van der Waals surface area contributed by atoms with E-state index in [1.165, 1.54) is 4.31 Å². The highest BCUT2D eigenvalue weighted by Crippen LogP contribution is 2.33. The Morgan fingerprint density at radius 1 is 1.12 bits per heavy atom. The van der Waals surface area contributed by atoms with Crippen molar-refractivity contribution < 1.29 is 22.7 Å². The minimum absolute atomic E-state index is 0.0320. The Hall–Kier alpha value is -2.91. The molecule has 1 fully saturated rings. The van der Waals surface area contributed by atoms with Crippen LogP contribution in [0.1, 0.15) is 35.7 Å². The molecule has 0 unspecified atom stereocenters. The van der Waals surface area contributed by atoms with E-state index in [1.807, 2.05) is 18.2 Å². The van der Waals surface area contributed by atoms with Gasteiger partial charge in [0.15, 0.2) is 0 Å². The Morgan fingerprint density at radius 3 is 2.58 bits per heavy atom.